The maximum absolute atomic E-state index is 14.7. The molecule has 242 valence electrons. The quantitative estimate of drug-likeness (QED) is 0.179. The van der Waals surface area contributed by atoms with Crippen LogP contribution >= 0.6 is 23.2 Å². The summed E-state index contributed by atoms with van der Waals surface area (Å²) in [6.45, 7) is 8.63. The number of rotatable bonds is 11. The van der Waals surface area contributed by atoms with E-state index in [1.54, 1.807) is 49.4 Å². The predicted octanol–water partition coefficient (Wildman–Crippen LogP) is 7.36. The summed E-state index contributed by atoms with van der Waals surface area (Å²) in [6.07, 6.45) is 0.189. The van der Waals surface area contributed by atoms with Crippen LogP contribution in [0.3, 0.4) is 0 Å². The van der Waals surface area contributed by atoms with Gasteiger partial charge in [-0.15, -0.1) is 0 Å². The fourth-order valence-electron chi connectivity index (χ4n) is 5.06. The molecule has 4 rings (SSSR count). The summed E-state index contributed by atoms with van der Waals surface area (Å²) in [5, 5.41) is 3.77. The molecule has 0 saturated carbocycles. The lowest BCUT2D eigenvalue weighted by atomic mass is 10.0. The van der Waals surface area contributed by atoms with Crippen LogP contribution in [0.1, 0.15) is 43.0 Å². The standard InChI is InChI=1S/C36H39Cl2N3O4S/c1-25-16-17-26(2)32(20-25)41(46(44,45)30-14-10-7-11-15-30)24-34(42)40(23-28-18-19-29(37)22-31(28)38)33(35(43)39-36(3,4)5)21-27-12-8-6-9-13-27/h6-20,22,33H,21,23-24H2,1-5H3,(H,39,43)/t33-/m1/s1. The molecule has 1 atom stereocenters. The Morgan fingerprint density at radius 3 is 2.09 bits per heavy atom. The molecule has 0 aliphatic carbocycles. The summed E-state index contributed by atoms with van der Waals surface area (Å²) in [5.74, 6) is -0.949. The van der Waals surface area contributed by atoms with E-state index in [4.69, 9.17) is 23.2 Å². The number of amides is 2. The van der Waals surface area contributed by atoms with E-state index in [2.05, 4.69) is 5.32 Å². The molecule has 0 heterocycles. The van der Waals surface area contributed by atoms with E-state index in [9.17, 15) is 18.0 Å². The van der Waals surface area contributed by atoms with E-state index in [1.165, 1.54) is 17.0 Å². The Balaban J connectivity index is 1.86. The molecule has 10 heteroatoms. The maximum Gasteiger partial charge on any atom is 0.264 e. The molecule has 2 amide bonds. The van der Waals surface area contributed by atoms with Crippen molar-refractivity contribution in [2.24, 2.45) is 0 Å². The highest BCUT2D eigenvalue weighted by Crippen LogP contribution is 2.30. The molecule has 0 spiro atoms. The molecule has 0 radical (unpaired) electrons. The number of carbonyl (C=O) groups excluding carboxylic acids is 2. The maximum atomic E-state index is 14.7. The first kappa shape index (κ1) is 35.0. The van der Waals surface area contributed by atoms with Crippen LogP contribution in [-0.4, -0.2) is 43.3 Å². The zero-order valence-corrected chi connectivity index (χ0v) is 29.0. The van der Waals surface area contributed by atoms with E-state index in [0.717, 1.165) is 15.4 Å². The van der Waals surface area contributed by atoms with E-state index in [1.807, 2.05) is 70.2 Å². The topological polar surface area (TPSA) is 86.8 Å². The molecule has 0 bridgehead atoms. The summed E-state index contributed by atoms with van der Waals surface area (Å²) in [6, 6.07) is 26.8. The molecule has 4 aromatic carbocycles. The van der Waals surface area contributed by atoms with Gasteiger partial charge in [-0.05, 0) is 87.2 Å². The first-order chi connectivity index (χ1) is 21.7. The fourth-order valence-corrected chi connectivity index (χ4v) is 7.02. The smallest absolute Gasteiger partial charge is 0.264 e. The number of hydrogen-bond acceptors (Lipinski definition) is 4. The van der Waals surface area contributed by atoms with Crippen LogP contribution in [0.15, 0.2) is 102 Å². The molecule has 1 N–H and O–H groups in total. The van der Waals surface area contributed by atoms with Gasteiger partial charge in [-0.3, -0.25) is 13.9 Å². The number of hydrogen-bond donors (Lipinski definition) is 1. The monoisotopic (exact) mass is 679 g/mol. The summed E-state index contributed by atoms with van der Waals surface area (Å²) in [7, 11) is -4.20. The minimum atomic E-state index is -4.20. The van der Waals surface area contributed by atoms with Crippen molar-refractivity contribution in [1.29, 1.82) is 0 Å². The molecule has 0 saturated heterocycles. The van der Waals surface area contributed by atoms with Crippen LogP contribution in [0.2, 0.25) is 10.0 Å². The molecular weight excluding hydrogens is 641 g/mol. The zero-order valence-electron chi connectivity index (χ0n) is 26.6. The second-order valence-corrected chi connectivity index (χ2v) is 15.0. The van der Waals surface area contributed by atoms with Crippen LogP contribution in [0.4, 0.5) is 5.69 Å². The lowest BCUT2D eigenvalue weighted by molar-refractivity contribution is -0.140. The van der Waals surface area contributed by atoms with Crippen LogP contribution in [-0.2, 0) is 32.6 Å². The minimum Gasteiger partial charge on any atom is -0.350 e. The molecule has 4 aromatic rings. The van der Waals surface area contributed by atoms with Gasteiger partial charge in [-0.25, -0.2) is 8.42 Å². The Bertz CT molecular complexity index is 1790. The van der Waals surface area contributed by atoms with Gasteiger partial charge in [0.2, 0.25) is 11.8 Å². The highest BCUT2D eigenvalue weighted by molar-refractivity contribution is 7.92. The normalized spacial score (nSPS) is 12.3. The molecular formula is C36H39Cl2N3O4S. The van der Waals surface area contributed by atoms with Gasteiger partial charge in [0.05, 0.1) is 10.6 Å². The molecule has 0 aliphatic heterocycles. The second kappa shape index (κ2) is 14.7. The van der Waals surface area contributed by atoms with E-state index in [0.29, 0.717) is 26.9 Å². The number of nitrogens with one attached hydrogen (secondary N) is 1. The van der Waals surface area contributed by atoms with Gasteiger partial charge in [0, 0.05) is 28.5 Å². The largest absolute Gasteiger partial charge is 0.350 e. The first-order valence-electron chi connectivity index (χ1n) is 14.9. The van der Waals surface area contributed by atoms with Crippen molar-refractivity contribution in [2.45, 2.75) is 64.1 Å². The second-order valence-electron chi connectivity index (χ2n) is 12.3. The molecule has 0 unspecified atom stereocenters. The Hall–Kier alpha value is -3.85. The summed E-state index contributed by atoms with van der Waals surface area (Å²) in [5.41, 5.74) is 2.68. The van der Waals surface area contributed by atoms with E-state index >= 15 is 0 Å². The van der Waals surface area contributed by atoms with Crippen LogP contribution in [0.25, 0.3) is 0 Å². The van der Waals surface area contributed by atoms with Crippen molar-refractivity contribution in [1.82, 2.24) is 10.2 Å². The Labute approximate surface area is 282 Å². The lowest BCUT2D eigenvalue weighted by Crippen LogP contribution is -2.56. The molecule has 0 aromatic heterocycles. The molecule has 0 aliphatic rings. The predicted molar refractivity (Wildman–Crippen MR) is 186 cm³/mol. The first-order valence-corrected chi connectivity index (χ1v) is 17.1. The third-order valence-corrected chi connectivity index (χ3v) is 9.73. The third-order valence-electron chi connectivity index (χ3n) is 7.37. The van der Waals surface area contributed by atoms with Gasteiger partial charge in [-0.1, -0.05) is 89.9 Å². The number of anilines is 1. The molecule has 46 heavy (non-hydrogen) atoms. The van der Waals surface area contributed by atoms with Gasteiger partial charge in [0.1, 0.15) is 12.6 Å². The van der Waals surface area contributed by atoms with Crippen molar-refractivity contribution in [2.75, 3.05) is 10.8 Å². The third kappa shape index (κ3) is 8.90. The summed E-state index contributed by atoms with van der Waals surface area (Å²) < 4.78 is 29.6. The van der Waals surface area contributed by atoms with Gasteiger partial charge in [0.25, 0.3) is 10.0 Å². The number of sulfonamides is 1. The number of nitrogens with zero attached hydrogens (tertiary/aromatic N) is 2. The Morgan fingerprint density at radius 1 is 0.848 bits per heavy atom. The molecule has 7 nitrogen and oxygen atoms in total. The van der Waals surface area contributed by atoms with Gasteiger partial charge < -0.3 is 10.2 Å². The Kier molecular flexibility index (Phi) is 11.2. The minimum absolute atomic E-state index is 0.0438. The zero-order chi connectivity index (χ0) is 33.6. The summed E-state index contributed by atoms with van der Waals surface area (Å²) in [4.78, 5) is 30.1. The van der Waals surface area contributed by atoms with Crippen LogP contribution < -0.4 is 9.62 Å². The number of aryl methyl sites for hydroxylation is 2. The van der Waals surface area contributed by atoms with Crippen LogP contribution in [0, 0.1) is 13.8 Å². The van der Waals surface area contributed by atoms with Crippen molar-refractivity contribution >= 4 is 50.7 Å². The average Bonchev–Trinajstić information content (AvgIpc) is 3.00. The van der Waals surface area contributed by atoms with Gasteiger partial charge in [0.15, 0.2) is 0 Å². The SMILES string of the molecule is Cc1ccc(C)c(N(CC(=O)N(Cc2ccc(Cl)cc2Cl)[C@H](Cc2ccccc2)C(=O)NC(C)(C)C)S(=O)(=O)c2ccccc2)c1. The van der Waals surface area contributed by atoms with E-state index in [-0.39, 0.29) is 23.8 Å². The average molecular weight is 681 g/mol. The lowest BCUT2D eigenvalue weighted by Gasteiger charge is -2.35. The van der Waals surface area contributed by atoms with Crippen molar-refractivity contribution in [3.63, 3.8) is 0 Å². The van der Waals surface area contributed by atoms with Crippen molar-refractivity contribution < 1.29 is 18.0 Å². The van der Waals surface area contributed by atoms with Gasteiger partial charge >= 0.3 is 0 Å². The number of benzene rings is 4. The highest BCUT2D eigenvalue weighted by Gasteiger charge is 2.36. The van der Waals surface area contributed by atoms with Crippen molar-refractivity contribution in [3.8, 4) is 0 Å². The number of carbonyl (C=O) groups is 2. The number of halogens is 2. The highest BCUT2D eigenvalue weighted by atomic mass is 35.5. The Morgan fingerprint density at radius 2 is 1.48 bits per heavy atom. The van der Waals surface area contributed by atoms with E-state index < -0.39 is 34.1 Å². The summed E-state index contributed by atoms with van der Waals surface area (Å²) >= 11 is 12.8. The van der Waals surface area contributed by atoms with Gasteiger partial charge in [-0.2, -0.15) is 0 Å². The van der Waals surface area contributed by atoms with Crippen molar-refractivity contribution in [3.05, 3.63) is 129 Å². The fraction of sp³-hybridized carbons (Fsp3) is 0.278. The van der Waals surface area contributed by atoms with Crippen LogP contribution in [0.5, 0.6) is 0 Å². The molecule has 0 fully saturated rings.